The van der Waals surface area contributed by atoms with E-state index in [0.29, 0.717) is 34.8 Å². The lowest BCUT2D eigenvalue weighted by Crippen LogP contribution is -2.20. The van der Waals surface area contributed by atoms with Crippen molar-refractivity contribution in [2.75, 3.05) is 0 Å². The van der Waals surface area contributed by atoms with E-state index < -0.39 is 0 Å². The third-order valence-electron chi connectivity index (χ3n) is 3.10. The minimum Gasteiger partial charge on any atom is -0.320 e. The molecule has 0 aliphatic carbocycles. The summed E-state index contributed by atoms with van der Waals surface area (Å²) in [4.78, 5) is 19.1. The Labute approximate surface area is 125 Å². The first-order valence-corrected chi connectivity index (χ1v) is 6.73. The number of nitrogens with one attached hydrogen (secondary N) is 2. The molecule has 0 amide bonds. The zero-order chi connectivity index (χ0) is 14.8. The van der Waals surface area contributed by atoms with Gasteiger partial charge in [-0.15, -0.1) is 10.2 Å². The summed E-state index contributed by atoms with van der Waals surface area (Å²) in [5, 5.41) is 12.0. The predicted octanol–water partition coefficient (Wildman–Crippen LogP) is 0.995. The number of hydrogen-bond acceptors (Lipinski definition) is 5. The van der Waals surface area contributed by atoms with Crippen LogP contribution in [0.25, 0.3) is 10.9 Å². The van der Waals surface area contributed by atoms with Gasteiger partial charge < -0.3 is 14.9 Å². The Balaban J connectivity index is 1.78. The van der Waals surface area contributed by atoms with Gasteiger partial charge in [-0.25, -0.2) is 4.98 Å². The third kappa shape index (κ3) is 2.93. The van der Waals surface area contributed by atoms with Crippen molar-refractivity contribution in [2.24, 2.45) is 7.05 Å². The standard InChI is InChI=1S/C13H13ClN6O/c1-20-7-16-19-12(20)6-15-5-11-17-10-4-8(14)2-3-9(10)13(21)18-11/h2-4,7,15H,5-6H2,1H3,(H,17,18,21). The molecule has 0 radical (unpaired) electrons. The van der Waals surface area contributed by atoms with E-state index in [-0.39, 0.29) is 5.56 Å². The number of rotatable bonds is 4. The van der Waals surface area contributed by atoms with Gasteiger partial charge >= 0.3 is 0 Å². The normalized spacial score (nSPS) is 11.1. The van der Waals surface area contributed by atoms with Gasteiger partial charge in [0, 0.05) is 12.1 Å². The lowest BCUT2D eigenvalue weighted by Gasteiger charge is -2.05. The van der Waals surface area contributed by atoms with Crippen molar-refractivity contribution in [1.29, 1.82) is 0 Å². The summed E-state index contributed by atoms with van der Waals surface area (Å²) in [5.74, 6) is 1.36. The zero-order valence-electron chi connectivity index (χ0n) is 11.3. The number of hydrogen-bond donors (Lipinski definition) is 2. The average Bonchev–Trinajstić information content (AvgIpc) is 2.84. The number of aromatic nitrogens is 5. The van der Waals surface area contributed by atoms with Gasteiger partial charge in [0.1, 0.15) is 18.0 Å². The second-order valence-electron chi connectivity index (χ2n) is 4.64. The molecular weight excluding hydrogens is 292 g/mol. The monoisotopic (exact) mass is 304 g/mol. The van der Waals surface area contributed by atoms with Gasteiger partial charge in [-0.1, -0.05) is 11.6 Å². The lowest BCUT2D eigenvalue weighted by atomic mass is 10.2. The quantitative estimate of drug-likeness (QED) is 0.750. The van der Waals surface area contributed by atoms with E-state index in [1.165, 1.54) is 0 Å². The first kappa shape index (κ1) is 13.7. The average molecular weight is 305 g/mol. The number of aromatic amines is 1. The van der Waals surface area contributed by atoms with Gasteiger partial charge in [0.15, 0.2) is 0 Å². The molecule has 21 heavy (non-hydrogen) atoms. The van der Waals surface area contributed by atoms with Crippen LogP contribution in [0, 0.1) is 0 Å². The van der Waals surface area contributed by atoms with Crippen LogP contribution < -0.4 is 10.9 Å². The number of halogens is 1. The first-order chi connectivity index (χ1) is 10.1. The summed E-state index contributed by atoms with van der Waals surface area (Å²) >= 11 is 5.93. The summed E-state index contributed by atoms with van der Waals surface area (Å²) in [5.41, 5.74) is 0.411. The molecule has 2 N–H and O–H groups in total. The highest BCUT2D eigenvalue weighted by atomic mass is 35.5. The fourth-order valence-electron chi connectivity index (χ4n) is 2.00. The van der Waals surface area contributed by atoms with Crippen LogP contribution in [0.3, 0.4) is 0 Å². The molecule has 8 heteroatoms. The Kier molecular flexibility index (Phi) is 3.68. The molecule has 7 nitrogen and oxygen atoms in total. The maximum Gasteiger partial charge on any atom is 0.258 e. The Bertz CT molecular complexity index is 840. The Morgan fingerprint density at radius 1 is 1.38 bits per heavy atom. The Morgan fingerprint density at radius 2 is 2.24 bits per heavy atom. The van der Waals surface area contributed by atoms with Crippen molar-refractivity contribution in [3.8, 4) is 0 Å². The molecule has 0 aliphatic rings. The maximum atomic E-state index is 12.0. The van der Waals surface area contributed by atoms with Crippen LogP contribution in [0.5, 0.6) is 0 Å². The molecule has 0 bridgehead atoms. The van der Waals surface area contributed by atoms with Crippen LogP contribution in [0.15, 0.2) is 29.3 Å². The topological polar surface area (TPSA) is 88.5 Å². The molecule has 0 aliphatic heterocycles. The van der Waals surface area contributed by atoms with Crippen LogP contribution in [-0.4, -0.2) is 24.7 Å². The number of fused-ring (bicyclic) bond motifs is 1. The minimum absolute atomic E-state index is 0.174. The highest BCUT2D eigenvalue weighted by molar-refractivity contribution is 6.31. The van der Waals surface area contributed by atoms with Crippen LogP contribution in [-0.2, 0) is 20.1 Å². The molecule has 3 rings (SSSR count). The summed E-state index contributed by atoms with van der Waals surface area (Å²) in [6.45, 7) is 0.957. The SMILES string of the molecule is Cn1cnnc1CNCc1nc2cc(Cl)ccc2c(=O)[nH]1. The Morgan fingerprint density at radius 3 is 3.00 bits per heavy atom. The molecule has 108 valence electrons. The molecule has 0 spiro atoms. The van der Waals surface area contributed by atoms with Gasteiger partial charge in [-0.3, -0.25) is 4.79 Å². The van der Waals surface area contributed by atoms with Gasteiger partial charge in [-0.05, 0) is 18.2 Å². The highest BCUT2D eigenvalue weighted by Gasteiger charge is 2.05. The van der Waals surface area contributed by atoms with Gasteiger partial charge in [0.05, 0.1) is 24.0 Å². The van der Waals surface area contributed by atoms with Gasteiger partial charge in [0.25, 0.3) is 5.56 Å². The number of benzene rings is 1. The molecule has 0 saturated carbocycles. The Hall–Kier alpha value is -2.25. The summed E-state index contributed by atoms with van der Waals surface area (Å²) in [6, 6.07) is 5.02. The predicted molar refractivity (Wildman–Crippen MR) is 78.9 cm³/mol. The van der Waals surface area contributed by atoms with E-state index in [0.717, 1.165) is 5.82 Å². The fraction of sp³-hybridized carbons (Fsp3) is 0.231. The zero-order valence-corrected chi connectivity index (χ0v) is 12.1. The van der Waals surface area contributed by atoms with Crippen molar-refractivity contribution in [2.45, 2.75) is 13.1 Å². The molecular formula is C13H13ClN6O. The molecule has 2 aromatic heterocycles. The van der Waals surface area contributed by atoms with Crippen molar-refractivity contribution >= 4 is 22.5 Å². The van der Waals surface area contributed by atoms with Crippen molar-refractivity contribution in [1.82, 2.24) is 30.0 Å². The van der Waals surface area contributed by atoms with Gasteiger partial charge in [0.2, 0.25) is 0 Å². The first-order valence-electron chi connectivity index (χ1n) is 6.35. The van der Waals surface area contributed by atoms with Crippen molar-refractivity contribution in [3.63, 3.8) is 0 Å². The number of aryl methyl sites for hydroxylation is 1. The molecule has 1 aromatic carbocycles. The van der Waals surface area contributed by atoms with E-state index >= 15 is 0 Å². The van der Waals surface area contributed by atoms with Crippen LogP contribution in [0.4, 0.5) is 0 Å². The molecule has 0 fully saturated rings. The van der Waals surface area contributed by atoms with E-state index in [9.17, 15) is 4.79 Å². The summed E-state index contributed by atoms with van der Waals surface area (Å²) in [7, 11) is 1.87. The molecule has 3 aromatic rings. The number of nitrogens with zero attached hydrogens (tertiary/aromatic N) is 4. The number of H-pyrrole nitrogens is 1. The summed E-state index contributed by atoms with van der Waals surface area (Å²) in [6.07, 6.45) is 1.63. The van der Waals surface area contributed by atoms with Crippen molar-refractivity contribution in [3.05, 3.63) is 51.6 Å². The largest absolute Gasteiger partial charge is 0.320 e. The van der Waals surface area contributed by atoms with Gasteiger partial charge in [-0.2, -0.15) is 0 Å². The summed E-state index contributed by atoms with van der Waals surface area (Å²) < 4.78 is 1.82. The third-order valence-corrected chi connectivity index (χ3v) is 3.33. The van der Waals surface area contributed by atoms with Crippen molar-refractivity contribution < 1.29 is 0 Å². The van der Waals surface area contributed by atoms with E-state index in [4.69, 9.17) is 11.6 Å². The lowest BCUT2D eigenvalue weighted by molar-refractivity contribution is 0.619. The minimum atomic E-state index is -0.174. The molecule has 2 heterocycles. The van der Waals surface area contributed by atoms with E-state index in [1.54, 1.807) is 24.5 Å². The van der Waals surface area contributed by atoms with E-state index in [2.05, 4.69) is 25.5 Å². The fourth-order valence-corrected chi connectivity index (χ4v) is 2.17. The molecule has 0 unspecified atom stereocenters. The second-order valence-corrected chi connectivity index (χ2v) is 5.07. The maximum absolute atomic E-state index is 12.0. The second kappa shape index (κ2) is 5.63. The van der Waals surface area contributed by atoms with E-state index in [1.807, 2.05) is 11.6 Å². The van der Waals surface area contributed by atoms with Crippen LogP contribution >= 0.6 is 11.6 Å². The highest BCUT2D eigenvalue weighted by Crippen LogP contribution is 2.14. The molecule has 0 saturated heterocycles. The van der Waals surface area contributed by atoms with Crippen LogP contribution in [0.2, 0.25) is 5.02 Å². The van der Waals surface area contributed by atoms with Crippen LogP contribution in [0.1, 0.15) is 11.6 Å². The molecule has 0 atom stereocenters. The smallest absolute Gasteiger partial charge is 0.258 e.